The van der Waals surface area contributed by atoms with Crippen molar-refractivity contribution in [3.05, 3.63) is 47.0 Å². The molecule has 1 aliphatic rings. The van der Waals surface area contributed by atoms with Crippen LogP contribution in [0.5, 0.6) is 0 Å². The molecule has 12 heteroatoms. The van der Waals surface area contributed by atoms with E-state index < -0.39 is 34.7 Å². The van der Waals surface area contributed by atoms with E-state index in [1.54, 1.807) is 5.01 Å². The van der Waals surface area contributed by atoms with Gasteiger partial charge in [-0.3, -0.25) is 14.8 Å². The lowest BCUT2D eigenvalue weighted by Crippen LogP contribution is -2.61. The molecule has 2 amide bonds. The predicted octanol–water partition coefficient (Wildman–Crippen LogP) is 3.73. The standard InChI is InChI=1S/C20H23F3N4O4S/c1-11-9-26(19(2,3)10-31-11)27(30)15-8-13(16(24)28)18(32-15)25-17(29)12-6-4-5-7-14(12)20(21,22)23/h4-8,11,30H,9-10H2,1-3H3,(H2,24,28)(H,25,29). The molecule has 0 radical (unpaired) electrons. The number of anilines is 2. The Balaban J connectivity index is 1.92. The summed E-state index contributed by atoms with van der Waals surface area (Å²) in [5.74, 6) is -1.96. The second kappa shape index (κ2) is 8.70. The molecule has 1 atom stereocenters. The van der Waals surface area contributed by atoms with E-state index in [9.17, 15) is 28.0 Å². The number of carbonyl (C=O) groups excluding carboxylic acids is 2. The largest absolute Gasteiger partial charge is 0.417 e. The summed E-state index contributed by atoms with van der Waals surface area (Å²) in [6.45, 7) is 6.21. The molecule has 0 spiro atoms. The summed E-state index contributed by atoms with van der Waals surface area (Å²) < 4.78 is 45.4. The number of nitrogens with one attached hydrogen (secondary N) is 1. The number of primary amides is 1. The summed E-state index contributed by atoms with van der Waals surface area (Å²) in [6.07, 6.45) is -4.91. The maximum Gasteiger partial charge on any atom is 0.417 e. The molecule has 1 fully saturated rings. The van der Waals surface area contributed by atoms with Crippen LogP contribution in [0.1, 0.15) is 47.1 Å². The molecule has 2 aromatic rings. The zero-order valence-corrected chi connectivity index (χ0v) is 18.4. The summed E-state index contributed by atoms with van der Waals surface area (Å²) in [5, 5.41) is 15.7. The normalized spacial score (nSPS) is 18.9. The van der Waals surface area contributed by atoms with Gasteiger partial charge in [-0.2, -0.15) is 23.4 Å². The zero-order valence-electron chi connectivity index (χ0n) is 17.6. The van der Waals surface area contributed by atoms with Crippen LogP contribution in [0.2, 0.25) is 0 Å². The number of thiophene rings is 1. The van der Waals surface area contributed by atoms with Gasteiger partial charge in [0.05, 0.1) is 34.9 Å². The third-order valence-electron chi connectivity index (χ3n) is 4.96. The highest BCUT2D eigenvalue weighted by Crippen LogP contribution is 2.38. The molecule has 2 heterocycles. The number of hydrogen-bond acceptors (Lipinski definition) is 7. The van der Waals surface area contributed by atoms with E-state index in [2.05, 4.69) is 5.32 Å². The molecule has 0 aliphatic carbocycles. The summed E-state index contributed by atoms with van der Waals surface area (Å²) in [7, 11) is 0. The van der Waals surface area contributed by atoms with Gasteiger partial charge in [0, 0.05) is 6.54 Å². The van der Waals surface area contributed by atoms with Crippen LogP contribution in [-0.4, -0.2) is 46.8 Å². The van der Waals surface area contributed by atoms with Crippen molar-refractivity contribution >= 4 is 33.2 Å². The highest BCUT2D eigenvalue weighted by atomic mass is 32.1. The van der Waals surface area contributed by atoms with Gasteiger partial charge >= 0.3 is 6.18 Å². The summed E-state index contributed by atoms with van der Waals surface area (Å²) >= 11 is 0.807. The number of alkyl halides is 3. The van der Waals surface area contributed by atoms with Crippen molar-refractivity contribution in [2.75, 3.05) is 23.6 Å². The summed E-state index contributed by atoms with van der Waals surface area (Å²) in [5.41, 5.74) is 2.96. The summed E-state index contributed by atoms with van der Waals surface area (Å²) in [4.78, 5) is 24.5. The topological polar surface area (TPSA) is 108 Å². The molecule has 1 aromatic carbocycles. The van der Waals surface area contributed by atoms with Crippen molar-refractivity contribution < 1.29 is 32.7 Å². The maximum absolute atomic E-state index is 13.3. The van der Waals surface area contributed by atoms with Crippen LogP contribution >= 0.6 is 11.3 Å². The second-order valence-corrected chi connectivity index (χ2v) is 9.03. The van der Waals surface area contributed by atoms with Crippen LogP contribution in [0, 0.1) is 0 Å². The number of carbonyl (C=O) groups is 2. The lowest BCUT2D eigenvalue weighted by Gasteiger charge is -2.47. The number of rotatable bonds is 5. The Morgan fingerprint density at radius 3 is 2.59 bits per heavy atom. The van der Waals surface area contributed by atoms with Crippen molar-refractivity contribution in [1.29, 1.82) is 0 Å². The van der Waals surface area contributed by atoms with Gasteiger partial charge in [-0.1, -0.05) is 23.5 Å². The Hall–Kier alpha value is -2.67. The summed E-state index contributed by atoms with van der Waals surface area (Å²) in [6, 6.07) is 5.57. The Kier molecular flexibility index (Phi) is 6.52. The van der Waals surface area contributed by atoms with Crippen molar-refractivity contribution in [1.82, 2.24) is 5.01 Å². The monoisotopic (exact) mass is 472 g/mol. The molecule has 32 heavy (non-hydrogen) atoms. The van der Waals surface area contributed by atoms with Crippen molar-refractivity contribution in [2.24, 2.45) is 5.73 Å². The Bertz CT molecular complexity index is 1020. The smallest absolute Gasteiger partial charge is 0.375 e. The number of hydrazine groups is 1. The number of ether oxygens (including phenoxy) is 1. The van der Waals surface area contributed by atoms with E-state index in [1.165, 1.54) is 18.2 Å². The Morgan fingerprint density at radius 2 is 1.97 bits per heavy atom. The molecular formula is C20H23F3N4O4S. The van der Waals surface area contributed by atoms with E-state index in [0.717, 1.165) is 28.6 Å². The van der Waals surface area contributed by atoms with Crippen LogP contribution < -0.4 is 16.2 Å². The quantitative estimate of drug-likeness (QED) is 0.573. The van der Waals surface area contributed by atoms with Gasteiger partial charge in [-0.25, -0.2) is 0 Å². The molecule has 1 saturated heterocycles. The van der Waals surface area contributed by atoms with Crippen LogP contribution in [-0.2, 0) is 10.9 Å². The SMILES string of the molecule is CC1CN(N(O)c2cc(C(N)=O)c(NC(=O)c3ccccc3C(F)(F)F)s2)C(C)(C)CO1. The fraction of sp³-hybridized carbons (Fsp3) is 0.400. The van der Waals surface area contributed by atoms with Gasteiger partial charge in [0.15, 0.2) is 0 Å². The number of amides is 2. The van der Waals surface area contributed by atoms with E-state index in [0.29, 0.717) is 13.2 Å². The minimum Gasteiger partial charge on any atom is -0.375 e. The van der Waals surface area contributed by atoms with Crippen LogP contribution in [0.15, 0.2) is 30.3 Å². The van der Waals surface area contributed by atoms with E-state index in [1.807, 2.05) is 20.8 Å². The van der Waals surface area contributed by atoms with Gasteiger partial charge < -0.3 is 15.8 Å². The molecule has 4 N–H and O–H groups in total. The number of hydrogen-bond donors (Lipinski definition) is 3. The Morgan fingerprint density at radius 1 is 1.31 bits per heavy atom. The first kappa shape index (κ1) is 24.0. The van der Waals surface area contributed by atoms with Gasteiger partial charge in [-0.15, -0.1) is 0 Å². The van der Waals surface area contributed by atoms with Crippen LogP contribution in [0.4, 0.5) is 23.2 Å². The predicted molar refractivity (Wildman–Crippen MR) is 113 cm³/mol. The first-order valence-electron chi connectivity index (χ1n) is 9.60. The highest BCUT2D eigenvalue weighted by Gasteiger charge is 2.39. The van der Waals surface area contributed by atoms with Gasteiger partial charge in [0.1, 0.15) is 10.0 Å². The van der Waals surface area contributed by atoms with Gasteiger partial charge in [0.2, 0.25) is 0 Å². The van der Waals surface area contributed by atoms with E-state index in [-0.39, 0.29) is 21.7 Å². The molecule has 3 rings (SSSR count). The molecule has 1 aromatic heterocycles. The van der Waals surface area contributed by atoms with Crippen molar-refractivity contribution in [3.63, 3.8) is 0 Å². The fourth-order valence-electron chi connectivity index (χ4n) is 3.27. The third-order valence-corrected chi connectivity index (χ3v) is 5.98. The van der Waals surface area contributed by atoms with Crippen molar-refractivity contribution in [3.8, 4) is 0 Å². The first-order valence-corrected chi connectivity index (χ1v) is 10.4. The maximum atomic E-state index is 13.3. The fourth-order valence-corrected chi connectivity index (χ4v) is 4.25. The lowest BCUT2D eigenvalue weighted by atomic mass is 10.0. The van der Waals surface area contributed by atoms with Gasteiger partial charge in [0.25, 0.3) is 11.8 Å². The molecule has 0 bridgehead atoms. The van der Waals surface area contributed by atoms with Gasteiger partial charge in [-0.05, 0) is 39.0 Å². The number of nitrogens with two attached hydrogens (primary N) is 1. The molecular weight excluding hydrogens is 449 g/mol. The average Bonchev–Trinajstić information content (AvgIpc) is 3.12. The Labute approximate surface area is 186 Å². The minimum absolute atomic E-state index is 0.0763. The third kappa shape index (κ3) is 4.88. The minimum atomic E-state index is -4.73. The second-order valence-electron chi connectivity index (χ2n) is 7.99. The molecule has 1 unspecified atom stereocenters. The number of benzene rings is 1. The van der Waals surface area contributed by atoms with Crippen LogP contribution in [0.25, 0.3) is 0 Å². The molecule has 0 saturated carbocycles. The van der Waals surface area contributed by atoms with Crippen LogP contribution in [0.3, 0.4) is 0 Å². The highest BCUT2D eigenvalue weighted by molar-refractivity contribution is 7.20. The molecule has 174 valence electrons. The molecule has 1 aliphatic heterocycles. The molecule has 8 nitrogen and oxygen atoms in total. The lowest BCUT2D eigenvalue weighted by molar-refractivity contribution is -0.137. The number of morpholine rings is 1. The zero-order chi connectivity index (χ0) is 23.8. The van der Waals surface area contributed by atoms with E-state index in [4.69, 9.17) is 10.5 Å². The van der Waals surface area contributed by atoms with E-state index >= 15 is 0 Å². The average molecular weight is 472 g/mol. The number of halogens is 3. The number of nitrogens with zero attached hydrogens (tertiary/aromatic N) is 2. The van der Waals surface area contributed by atoms with Crippen molar-refractivity contribution in [2.45, 2.75) is 38.6 Å². The first-order chi connectivity index (χ1) is 14.8.